The van der Waals surface area contributed by atoms with E-state index in [1.165, 1.54) is 18.4 Å². The van der Waals surface area contributed by atoms with Crippen molar-refractivity contribution in [2.24, 2.45) is 17.8 Å². The lowest BCUT2D eigenvalue weighted by molar-refractivity contribution is -0.144. The summed E-state index contributed by atoms with van der Waals surface area (Å²) in [5.74, 6) is 0.180. The third kappa shape index (κ3) is 16.0. The highest BCUT2D eigenvalue weighted by Gasteiger charge is 2.40. The summed E-state index contributed by atoms with van der Waals surface area (Å²) in [5, 5.41) is 2.81. The number of hydrogen-bond donors (Lipinski definition) is 2. The van der Waals surface area contributed by atoms with Crippen molar-refractivity contribution in [2.45, 2.75) is 118 Å². The van der Waals surface area contributed by atoms with E-state index in [2.05, 4.69) is 51.6 Å². The van der Waals surface area contributed by atoms with Crippen molar-refractivity contribution in [2.75, 3.05) is 54.7 Å². The molecule has 0 aromatic carbocycles. The fourth-order valence-electron chi connectivity index (χ4n) is 5.93. The van der Waals surface area contributed by atoms with Crippen molar-refractivity contribution >= 4 is 36.1 Å². The zero-order valence-electron chi connectivity index (χ0n) is 30.8. The summed E-state index contributed by atoms with van der Waals surface area (Å²) < 4.78 is 14.0. The number of methoxy groups -OCH3 is 2. The lowest BCUT2D eigenvalue weighted by atomic mass is 9.90. The number of nitrogens with one attached hydrogen (secondary N) is 2. The van der Waals surface area contributed by atoms with Gasteiger partial charge >= 0.3 is 0 Å². The second-order valence-electron chi connectivity index (χ2n) is 12.6. The van der Waals surface area contributed by atoms with Gasteiger partial charge in [-0.2, -0.15) is 0 Å². The number of nitrogens with zero attached hydrogens (tertiary/aromatic N) is 3. The summed E-state index contributed by atoms with van der Waals surface area (Å²) in [6, 6.07) is -0.567. The molecule has 0 aliphatic carbocycles. The molecule has 2 N–H and O–H groups in total. The molecule has 266 valence electrons. The minimum Gasteiger partial charge on any atom is -0.379 e. The van der Waals surface area contributed by atoms with E-state index in [1.807, 2.05) is 37.7 Å². The van der Waals surface area contributed by atoms with Gasteiger partial charge in [-0.15, -0.1) is 0 Å². The van der Waals surface area contributed by atoms with Crippen LogP contribution in [0.2, 0.25) is 0 Å². The summed E-state index contributed by atoms with van der Waals surface area (Å²) >= 11 is 1.28. The van der Waals surface area contributed by atoms with Gasteiger partial charge in [0, 0.05) is 34.1 Å². The molecule has 1 rings (SSSR count). The lowest BCUT2D eigenvalue weighted by Gasteiger charge is -2.39. The monoisotopic (exact) mass is 661 g/mol. The second-order valence-corrected chi connectivity index (χ2v) is 13.3. The molecule has 1 aliphatic rings. The average molecular weight is 662 g/mol. The first kappa shape index (κ1) is 45.2. The Morgan fingerprint density at radius 2 is 1.58 bits per heavy atom. The molecule has 0 aromatic heterocycles. The molecular formula is C33H67N5O6S. The van der Waals surface area contributed by atoms with Crippen molar-refractivity contribution < 1.29 is 28.7 Å². The molecule has 6 unspecified atom stereocenters. The summed E-state index contributed by atoms with van der Waals surface area (Å²) in [6.45, 7) is 17.2. The molecule has 1 saturated heterocycles. The number of likely N-dealkylation sites (tertiary alicyclic amines) is 1. The quantitative estimate of drug-likeness (QED) is 0.177. The summed E-state index contributed by atoms with van der Waals surface area (Å²) in [6.07, 6.45) is 6.11. The van der Waals surface area contributed by atoms with Crippen molar-refractivity contribution in [3.63, 3.8) is 0 Å². The third-order valence-corrected chi connectivity index (χ3v) is 8.42. The number of hydrogen-bond acceptors (Lipinski definition) is 8. The molecule has 6 atom stereocenters. The first-order valence-corrected chi connectivity index (χ1v) is 17.6. The molecule has 0 bridgehead atoms. The molecule has 1 fully saturated rings. The normalized spacial score (nSPS) is 17.7. The molecule has 0 saturated carbocycles. The fourth-order valence-corrected chi connectivity index (χ4v) is 6.03. The van der Waals surface area contributed by atoms with Crippen LogP contribution in [0.25, 0.3) is 0 Å². The number of rotatable bonds is 17. The molecule has 45 heavy (non-hydrogen) atoms. The fraction of sp³-hybridized carbons (Fsp3) is 0.879. The molecule has 0 spiro atoms. The Labute approximate surface area is 279 Å². The van der Waals surface area contributed by atoms with Gasteiger partial charge in [-0.25, -0.2) is 0 Å². The van der Waals surface area contributed by atoms with Gasteiger partial charge in [0.1, 0.15) is 0 Å². The average Bonchev–Trinajstić information content (AvgIpc) is 3.45. The Morgan fingerprint density at radius 1 is 1.00 bits per heavy atom. The second kappa shape index (κ2) is 25.2. The minimum absolute atomic E-state index is 0.0116. The summed E-state index contributed by atoms with van der Waals surface area (Å²) in [7, 11) is 8.78. The Balaban J connectivity index is 0. The maximum absolute atomic E-state index is 13.5. The molecular weight excluding hydrogens is 594 g/mol. The van der Waals surface area contributed by atoms with Gasteiger partial charge in [0.05, 0.1) is 43.3 Å². The van der Waals surface area contributed by atoms with E-state index in [1.54, 1.807) is 32.4 Å². The van der Waals surface area contributed by atoms with Crippen LogP contribution in [0.5, 0.6) is 0 Å². The lowest BCUT2D eigenvalue weighted by Crippen LogP contribution is -2.55. The van der Waals surface area contributed by atoms with Crippen LogP contribution in [0, 0.1) is 17.8 Å². The van der Waals surface area contributed by atoms with Crippen LogP contribution in [0.4, 0.5) is 0 Å². The van der Waals surface area contributed by atoms with Crippen LogP contribution < -0.4 is 10.0 Å². The van der Waals surface area contributed by atoms with Gasteiger partial charge in [0.15, 0.2) is 0 Å². The van der Waals surface area contributed by atoms with Crippen LogP contribution in [0.3, 0.4) is 0 Å². The first-order chi connectivity index (χ1) is 21.1. The van der Waals surface area contributed by atoms with Gasteiger partial charge in [0.25, 0.3) is 0 Å². The van der Waals surface area contributed by atoms with Crippen LogP contribution in [-0.2, 0) is 28.7 Å². The summed E-state index contributed by atoms with van der Waals surface area (Å²) in [5.41, 5.74) is 0. The molecule has 0 aromatic rings. The maximum Gasteiger partial charge on any atom is 0.242 e. The highest BCUT2D eigenvalue weighted by atomic mass is 32.2. The number of carbonyl (C=O) groups is 4. The smallest absolute Gasteiger partial charge is 0.242 e. The van der Waals surface area contributed by atoms with Crippen molar-refractivity contribution in [3.05, 3.63) is 0 Å². The zero-order valence-corrected chi connectivity index (χ0v) is 31.7. The van der Waals surface area contributed by atoms with E-state index in [9.17, 15) is 19.2 Å². The minimum atomic E-state index is -0.460. The van der Waals surface area contributed by atoms with Crippen LogP contribution in [0.1, 0.15) is 87.5 Å². The molecule has 12 heteroatoms. The highest BCUT2D eigenvalue weighted by molar-refractivity contribution is 7.97. The van der Waals surface area contributed by atoms with Gasteiger partial charge in [0.2, 0.25) is 24.1 Å². The van der Waals surface area contributed by atoms with Crippen molar-refractivity contribution in [1.29, 1.82) is 0 Å². The van der Waals surface area contributed by atoms with E-state index >= 15 is 0 Å². The number of likely N-dealkylation sites (N-methyl/N-ethyl adjacent to an activating group) is 2. The Bertz CT molecular complexity index is 823. The SMILES string of the molecule is CCC.CCC(C)C(C(CC(=O)N1CCCC1C(OC)C(C)C)OC)N(C)C(=O)CNC(=O)C(C(C)C)N(C)C.CSNC=O. The van der Waals surface area contributed by atoms with Gasteiger partial charge in [-0.05, 0) is 44.7 Å². The van der Waals surface area contributed by atoms with Crippen molar-refractivity contribution in [1.82, 2.24) is 24.7 Å². The number of ether oxygens (including phenoxy) is 2. The molecule has 1 heterocycles. The maximum atomic E-state index is 13.5. The molecule has 11 nitrogen and oxygen atoms in total. The standard InChI is InChI=1S/C28H54N4O5.C3H8.C2H5NOS/c1-12-20(6)26(31(9)24(34)17-29-28(35)25(18(2)3)30(7)8)22(36-10)16-23(33)32-15-13-14-21(32)27(37-11)19(4)5;1-3-2;1-5-3-2-4/h18-22,25-27H,12-17H2,1-11H3,(H,29,35);3H2,1-2H3;2H,1H3,(H,3,4). The van der Waals surface area contributed by atoms with Gasteiger partial charge in [-0.1, -0.05) is 80.2 Å². The van der Waals surface area contributed by atoms with E-state index in [-0.39, 0.29) is 66.8 Å². The largest absolute Gasteiger partial charge is 0.379 e. The van der Waals surface area contributed by atoms with Gasteiger partial charge < -0.3 is 29.3 Å². The Morgan fingerprint density at radius 3 is 1.96 bits per heavy atom. The van der Waals surface area contributed by atoms with E-state index in [0.29, 0.717) is 18.9 Å². The number of carbonyl (C=O) groups excluding carboxylic acids is 4. The van der Waals surface area contributed by atoms with E-state index in [0.717, 1.165) is 19.3 Å². The van der Waals surface area contributed by atoms with Crippen LogP contribution >= 0.6 is 11.9 Å². The van der Waals surface area contributed by atoms with Crippen LogP contribution in [-0.4, -0.2) is 124 Å². The first-order valence-electron chi connectivity index (χ1n) is 16.4. The molecule has 1 aliphatic heterocycles. The summed E-state index contributed by atoms with van der Waals surface area (Å²) in [4.78, 5) is 54.2. The highest BCUT2D eigenvalue weighted by Crippen LogP contribution is 2.28. The predicted octanol–water partition coefficient (Wildman–Crippen LogP) is 4.06. The zero-order chi connectivity index (χ0) is 35.3. The van der Waals surface area contributed by atoms with E-state index < -0.39 is 6.10 Å². The van der Waals surface area contributed by atoms with Gasteiger partial charge in [-0.3, -0.25) is 24.1 Å². The molecule has 0 radical (unpaired) electrons. The Hall–Kier alpha value is -1.89. The van der Waals surface area contributed by atoms with Crippen molar-refractivity contribution in [3.8, 4) is 0 Å². The molecule has 4 amide bonds. The van der Waals surface area contributed by atoms with Crippen LogP contribution in [0.15, 0.2) is 0 Å². The Kier molecular flexibility index (Phi) is 25.4. The van der Waals surface area contributed by atoms with E-state index in [4.69, 9.17) is 9.47 Å². The predicted molar refractivity (Wildman–Crippen MR) is 186 cm³/mol. The number of amides is 4. The topological polar surface area (TPSA) is 121 Å². The third-order valence-electron chi connectivity index (χ3n) is 8.09.